The molecule has 1 aromatic rings. The van der Waals surface area contributed by atoms with E-state index in [2.05, 4.69) is 12.1 Å². The lowest BCUT2D eigenvalue weighted by molar-refractivity contribution is 0.414. The number of ether oxygens (including phenoxy) is 1. The monoisotopic (exact) mass is 179 g/mol. The zero-order chi connectivity index (χ0) is 9.68. The van der Waals surface area contributed by atoms with Crippen molar-refractivity contribution in [3.05, 3.63) is 29.8 Å². The van der Waals surface area contributed by atoms with Crippen molar-refractivity contribution < 1.29 is 4.74 Å². The molecule has 0 saturated carbocycles. The van der Waals surface area contributed by atoms with E-state index >= 15 is 0 Å². The van der Waals surface area contributed by atoms with Gasteiger partial charge in [0.25, 0.3) is 0 Å². The zero-order valence-corrected chi connectivity index (χ0v) is 8.29. The Morgan fingerprint density at radius 3 is 2.85 bits per heavy atom. The first kappa shape index (κ1) is 10.1. The van der Waals surface area contributed by atoms with Crippen molar-refractivity contribution in [2.24, 2.45) is 5.73 Å². The molecule has 2 nitrogen and oxygen atoms in total. The lowest BCUT2D eigenvalue weighted by Gasteiger charge is -2.06. The molecule has 0 aliphatic heterocycles. The van der Waals surface area contributed by atoms with Gasteiger partial charge < -0.3 is 10.5 Å². The van der Waals surface area contributed by atoms with Gasteiger partial charge in [0.1, 0.15) is 5.75 Å². The molecule has 1 aromatic carbocycles. The number of rotatable bonds is 4. The molecule has 0 bridgehead atoms. The summed E-state index contributed by atoms with van der Waals surface area (Å²) in [6.07, 6.45) is 2.04. The molecule has 0 spiro atoms. The summed E-state index contributed by atoms with van der Waals surface area (Å²) in [5, 5.41) is 0. The molecule has 0 heterocycles. The third-order valence-electron chi connectivity index (χ3n) is 2.02. The minimum absolute atomic E-state index is 0.270. The van der Waals surface area contributed by atoms with Crippen LogP contribution < -0.4 is 10.5 Å². The molecule has 0 amide bonds. The first-order valence-corrected chi connectivity index (χ1v) is 4.61. The molecule has 0 aliphatic carbocycles. The van der Waals surface area contributed by atoms with Gasteiger partial charge >= 0.3 is 0 Å². The Bertz CT molecular complexity index is 258. The number of nitrogens with two attached hydrogens (primary N) is 1. The summed E-state index contributed by atoms with van der Waals surface area (Å²) < 4.78 is 5.13. The first-order valence-electron chi connectivity index (χ1n) is 4.61. The Morgan fingerprint density at radius 2 is 2.23 bits per heavy atom. The van der Waals surface area contributed by atoms with E-state index in [0.717, 1.165) is 18.6 Å². The highest BCUT2D eigenvalue weighted by molar-refractivity contribution is 5.28. The van der Waals surface area contributed by atoms with E-state index in [1.165, 1.54) is 5.56 Å². The van der Waals surface area contributed by atoms with Gasteiger partial charge in [0.05, 0.1) is 7.11 Å². The van der Waals surface area contributed by atoms with Gasteiger partial charge in [-0.15, -0.1) is 0 Å². The maximum atomic E-state index is 5.68. The largest absolute Gasteiger partial charge is 0.497 e. The van der Waals surface area contributed by atoms with Gasteiger partial charge in [-0.3, -0.25) is 0 Å². The summed E-state index contributed by atoms with van der Waals surface area (Å²) in [4.78, 5) is 0. The minimum atomic E-state index is 0.270. The van der Waals surface area contributed by atoms with Crippen LogP contribution in [0.25, 0.3) is 0 Å². The van der Waals surface area contributed by atoms with E-state index in [4.69, 9.17) is 10.5 Å². The summed E-state index contributed by atoms with van der Waals surface area (Å²) in [6.45, 7) is 2.03. The molecular weight excluding hydrogens is 162 g/mol. The van der Waals surface area contributed by atoms with Crippen molar-refractivity contribution in [3.8, 4) is 5.75 Å². The maximum Gasteiger partial charge on any atom is 0.119 e. The lowest BCUT2D eigenvalue weighted by Crippen LogP contribution is -2.15. The average Bonchev–Trinajstić information content (AvgIpc) is 2.15. The van der Waals surface area contributed by atoms with Gasteiger partial charge in [-0.2, -0.15) is 0 Å². The van der Waals surface area contributed by atoms with Crippen molar-refractivity contribution in [1.82, 2.24) is 0 Å². The normalized spacial score (nSPS) is 12.5. The van der Waals surface area contributed by atoms with Gasteiger partial charge in [-0.05, 0) is 37.5 Å². The van der Waals surface area contributed by atoms with Gasteiger partial charge in [0, 0.05) is 6.04 Å². The summed E-state index contributed by atoms with van der Waals surface area (Å²) in [6, 6.07) is 8.39. The SMILES string of the molecule is COc1cccc(CCC(C)N)c1. The van der Waals surface area contributed by atoms with Crippen LogP contribution in [0, 0.1) is 0 Å². The second-order valence-corrected chi connectivity index (χ2v) is 3.37. The van der Waals surface area contributed by atoms with Gasteiger partial charge in [0.2, 0.25) is 0 Å². The maximum absolute atomic E-state index is 5.68. The Labute approximate surface area is 79.7 Å². The third kappa shape index (κ3) is 3.47. The van der Waals surface area contributed by atoms with Crippen LogP contribution >= 0.6 is 0 Å². The summed E-state index contributed by atoms with van der Waals surface area (Å²) in [5.74, 6) is 0.919. The van der Waals surface area contributed by atoms with Crippen LogP contribution in [-0.4, -0.2) is 13.2 Å². The third-order valence-corrected chi connectivity index (χ3v) is 2.02. The van der Waals surface area contributed by atoms with E-state index in [9.17, 15) is 0 Å². The van der Waals surface area contributed by atoms with E-state index in [1.807, 2.05) is 19.1 Å². The van der Waals surface area contributed by atoms with Crippen LogP contribution in [0.5, 0.6) is 5.75 Å². The van der Waals surface area contributed by atoms with Crippen molar-refractivity contribution in [2.45, 2.75) is 25.8 Å². The summed E-state index contributed by atoms with van der Waals surface area (Å²) >= 11 is 0. The van der Waals surface area contributed by atoms with Gasteiger partial charge in [-0.1, -0.05) is 12.1 Å². The smallest absolute Gasteiger partial charge is 0.119 e. The van der Waals surface area contributed by atoms with Crippen LogP contribution in [-0.2, 0) is 6.42 Å². The molecule has 2 heteroatoms. The molecule has 2 N–H and O–H groups in total. The lowest BCUT2D eigenvalue weighted by atomic mass is 10.1. The highest BCUT2D eigenvalue weighted by atomic mass is 16.5. The second kappa shape index (κ2) is 4.87. The van der Waals surface area contributed by atoms with Crippen molar-refractivity contribution in [2.75, 3.05) is 7.11 Å². The van der Waals surface area contributed by atoms with Crippen LogP contribution in [0.15, 0.2) is 24.3 Å². The predicted octanol–water partition coefficient (Wildman–Crippen LogP) is 1.98. The molecule has 13 heavy (non-hydrogen) atoms. The van der Waals surface area contributed by atoms with E-state index < -0.39 is 0 Å². The molecule has 72 valence electrons. The van der Waals surface area contributed by atoms with Crippen LogP contribution in [0.4, 0.5) is 0 Å². The molecule has 0 saturated heterocycles. The van der Waals surface area contributed by atoms with Crippen LogP contribution in [0.3, 0.4) is 0 Å². The molecule has 0 radical (unpaired) electrons. The zero-order valence-electron chi connectivity index (χ0n) is 8.29. The number of hydrogen-bond acceptors (Lipinski definition) is 2. The van der Waals surface area contributed by atoms with E-state index in [-0.39, 0.29) is 6.04 Å². The van der Waals surface area contributed by atoms with Crippen LogP contribution in [0.1, 0.15) is 18.9 Å². The Morgan fingerprint density at radius 1 is 1.46 bits per heavy atom. The Hall–Kier alpha value is -1.02. The fourth-order valence-electron chi connectivity index (χ4n) is 1.22. The summed E-state index contributed by atoms with van der Waals surface area (Å²) in [5.41, 5.74) is 6.97. The Kier molecular flexibility index (Phi) is 3.77. The van der Waals surface area contributed by atoms with Gasteiger partial charge in [0.15, 0.2) is 0 Å². The van der Waals surface area contributed by atoms with E-state index in [1.54, 1.807) is 7.11 Å². The topological polar surface area (TPSA) is 35.2 Å². The first-order chi connectivity index (χ1) is 6.22. The molecule has 1 atom stereocenters. The molecule has 0 aromatic heterocycles. The van der Waals surface area contributed by atoms with Crippen molar-refractivity contribution in [3.63, 3.8) is 0 Å². The predicted molar refractivity (Wildman–Crippen MR) is 55.0 cm³/mol. The molecular formula is C11H17NO. The second-order valence-electron chi connectivity index (χ2n) is 3.37. The Balaban J connectivity index is 2.56. The number of benzene rings is 1. The quantitative estimate of drug-likeness (QED) is 0.767. The minimum Gasteiger partial charge on any atom is -0.497 e. The number of hydrogen-bond donors (Lipinski definition) is 1. The van der Waals surface area contributed by atoms with Crippen molar-refractivity contribution in [1.29, 1.82) is 0 Å². The molecule has 1 rings (SSSR count). The van der Waals surface area contributed by atoms with E-state index in [0.29, 0.717) is 0 Å². The fraction of sp³-hybridized carbons (Fsp3) is 0.455. The average molecular weight is 179 g/mol. The standard InChI is InChI=1S/C11H17NO/c1-9(12)6-7-10-4-3-5-11(8-10)13-2/h3-5,8-9H,6-7,12H2,1-2H3. The number of methoxy groups -OCH3 is 1. The highest BCUT2D eigenvalue weighted by Gasteiger charge is 1.98. The highest BCUT2D eigenvalue weighted by Crippen LogP contribution is 2.14. The fourth-order valence-corrected chi connectivity index (χ4v) is 1.22. The molecule has 1 unspecified atom stereocenters. The van der Waals surface area contributed by atoms with Crippen LogP contribution in [0.2, 0.25) is 0 Å². The molecule has 0 fully saturated rings. The summed E-state index contributed by atoms with van der Waals surface area (Å²) in [7, 11) is 1.69. The number of aryl methyl sites for hydroxylation is 1. The molecule has 0 aliphatic rings. The van der Waals surface area contributed by atoms with Gasteiger partial charge in [-0.25, -0.2) is 0 Å². The van der Waals surface area contributed by atoms with Crippen molar-refractivity contribution >= 4 is 0 Å².